The van der Waals surface area contributed by atoms with Crippen molar-refractivity contribution in [3.05, 3.63) is 76.1 Å². The molecule has 22 heavy (non-hydrogen) atoms. The summed E-state index contributed by atoms with van der Waals surface area (Å²) in [4.78, 5) is 27.2. The van der Waals surface area contributed by atoms with E-state index in [0.29, 0.717) is 10.9 Å². The van der Waals surface area contributed by atoms with E-state index in [2.05, 4.69) is 10.3 Å². The molecule has 0 spiro atoms. The molecule has 3 rings (SSSR count). The Bertz CT molecular complexity index is 935. The van der Waals surface area contributed by atoms with Crippen LogP contribution in [0, 0.1) is 11.6 Å². The van der Waals surface area contributed by atoms with Crippen molar-refractivity contribution >= 4 is 22.5 Å². The number of carbonyl (C=O) groups excluding carboxylic acids is 1. The quantitative estimate of drug-likeness (QED) is 0.764. The summed E-state index contributed by atoms with van der Waals surface area (Å²) < 4.78 is 26.6. The Kier molecular flexibility index (Phi) is 3.42. The largest absolute Gasteiger partial charge is 0.360 e. The summed E-state index contributed by atoms with van der Waals surface area (Å²) in [5, 5.41) is 2.54. The van der Waals surface area contributed by atoms with Crippen molar-refractivity contribution in [2.45, 2.75) is 0 Å². The van der Waals surface area contributed by atoms with Gasteiger partial charge in [-0.1, -0.05) is 12.1 Å². The molecule has 2 aromatic carbocycles. The Morgan fingerprint density at radius 3 is 2.68 bits per heavy atom. The van der Waals surface area contributed by atoms with Crippen LogP contribution in [0.2, 0.25) is 0 Å². The van der Waals surface area contributed by atoms with Crippen molar-refractivity contribution in [1.82, 2.24) is 4.98 Å². The zero-order valence-electron chi connectivity index (χ0n) is 11.2. The third-order valence-electron chi connectivity index (χ3n) is 3.21. The summed E-state index contributed by atoms with van der Waals surface area (Å²) >= 11 is 0. The third kappa shape index (κ3) is 2.46. The Labute approximate surface area is 123 Å². The number of carbonyl (C=O) groups is 1. The van der Waals surface area contributed by atoms with E-state index in [1.165, 1.54) is 6.20 Å². The minimum absolute atomic E-state index is 0.178. The fourth-order valence-corrected chi connectivity index (χ4v) is 2.12. The van der Waals surface area contributed by atoms with Crippen LogP contribution in [0.25, 0.3) is 10.9 Å². The molecule has 0 saturated carbocycles. The van der Waals surface area contributed by atoms with E-state index >= 15 is 0 Å². The molecule has 1 heterocycles. The lowest BCUT2D eigenvalue weighted by molar-refractivity contribution is 0.102. The number of para-hydroxylation sites is 1. The molecule has 1 aromatic heterocycles. The van der Waals surface area contributed by atoms with Gasteiger partial charge >= 0.3 is 0 Å². The highest BCUT2D eigenvalue weighted by atomic mass is 19.1. The van der Waals surface area contributed by atoms with Crippen molar-refractivity contribution in [3.63, 3.8) is 0 Å². The van der Waals surface area contributed by atoms with Gasteiger partial charge in [0.15, 0.2) is 0 Å². The summed E-state index contributed by atoms with van der Waals surface area (Å²) in [5.41, 5.74) is -0.399. The van der Waals surface area contributed by atoms with Gasteiger partial charge in [0.1, 0.15) is 17.2 Å². The molecule has 6 heteroatoms. The molecule has 0 atom stereocenters. The van der Waals surface area contributed by atoms with Crippen molar-refractivity contribution in [1.29, 1.82) is 0 Å². The van der Waals surface area contributed by atoms with Crippen LogP contribution >= 0.6 is 0 Å². The van der Waals surface area contributed by atoms with Crippen LogP contribution in [-0.2, 0) is 0 Å². The molecule has 0 radical (unpaired) electrons. The van der Waals surface area contributed by atoms with Crippen LogP contribution in [0.4, 0.5) is 14.5 Å². The van der Waals surface area contributed by atoms with Gasteiger partial charge in [0.25, 0.3) is 5.91 Å². The fraction of sp³-hybridized carbons (Fsp3) is 0. The van der Waals surface area contributed by atoms with Gasteiger partial charge in [0, 0.05) is 23.2 Å². The monoisotopic (exact) mass is 300 g/mol. The Balaban J connectivity index is 2.01. The number of pyridine rings is 1. The van der Waals surface area contributed by atoms with Gasteiger partial charge in [-0.15, -0.1) is 0 Å². The van der Waals surface area contributed by atoms with Gasteiger partial charge in [-0.05, 0) is 24.3 Å². The van der Waals surface area contributed by atoms with Gasteiger partial charge < -0.3 is 10.3 Å². The topological polar surface area (TPSA) is 62.0 Å². The molecule has 110 valence electrons. The maximum Gasteiger partial charge on any atom is 0.261 e. The molecule has 4 nitrogen and oxygen atoms in total. The number of anilines is 1. The third-order valence-corrected chi connectivity index (χ3v) is 3.21. The average molecular weight is 300 g/mol. The first-order valence-corrected chi connectivity index (χ1v) is 6.43. The Morgan fingerprint density at radius 2 is 1.86 bits per heavy atom. The lowest BCUT2D eigenvalue weighted by atomic mass is 10.1. The molecular weight excluding hydrogens is 290 g/mol. The SMILES string of the molecule is O=C(Nc1cc(F)ccc1F)c1c[nH]c2ccccc2c1=O. The first-order chi connectivity index (χ1) is 10.6. The Hall–Kier alpha value is -3.02. The second-order valence-electron chi connectivity index (χ2n) is 4.66. The maximum absolute atomic E-state index is 13.5. The standard InChI is InChI=1S/C16H10F2N2O2/c17-9-5-6-12(18)14(7-9)20-16(22)11-8-19-13-4-2-1-3-10(13)15(11)21/h1-8H,(H,19,21)(H,20,22). The maximum atomic E-state index is 13.5. The number of fused-ring (bicyclic) bond motifs is 1. The van der Waals surface area contributed by atoms with Gasteiger partial charge in [-0.2, -0.15) is 0 Å². The molecule has 0 aliphatic heterocycles. The number of nitrogens with one attached hydrogen (secondary N) is 2. The molecule has 0 aliphatic carbocycles. The van der Waals surface area contributed by atoms with Crippen LogP contribution in [0.3, 0.4) is 0 Å². The minimum Gasteiger partial charge on any atom is -0.360 e. The summed E-state index contributed by atoms with van der Waals surface area (Å²) in [6.45, 7) is 0. The zero-order chi connectivity index (χ0) is 15.7. The van der Waals surface area contributed by atoms with Crippen LogP contribution in [0.1, 0.15) is 10.4 Å². The van der Waals surface area contributed by atoms with Crippen LogP contribution < -0.4 is 10.7 Å². The lowest BCUT2D eigenvalue weighted by Crippen LogP contribution is -2.22. The summed E-state index contributed by atoms with van der Waals surface area (Å²) in [7, 11) is 0. The van der Waals surface area contributed by atoms with Gasteiger partial charge in [0.2, 0.25) is 5.43 Å². The molecule has 0 aliphatic rings. The van der Waals surface area contributed by atoms with E-state index in [1.807, 2.05) is 0 Å². The number of aromatic amines is 1. The normalized spacial score (nSPS) is 10.6. The van der Waals surface area contributed by atoms with Crippen molar-refractivity contribution < 1.29 is 13.6 Å². The van der Waals surface area contributed by atoms with Gasteiger partial charge in [-0.25, -0.2) is 8.78 Å². The fourth-order valence-electron chi connectivity index (χ4n) is 2.12. The molecule has 1 amide bonds. The van der Waals surface area contributed by atoms with E-state index in [0.717, 1.165) is 18.2 Å². The number of H-pyrrole nitrogens is 1. The molecule has 0 unspecified atom stereocenters. The summed E-state index contributed by atoms with van der Waals surface area (Å²) in [6, 6.07) is 9.38. The number of amides is 1. The average Bonchev–Trinajstić information content (AvgIpc) is 2.51. The summed E-state index contributed by atoms with van der Waals surface area (Å²) in [6.07, 6.45) is 1.25. The molecule has 2 N–H and O–H groups in total. The van der Waals surface area contributed by atoms with E-state index < -0.39 is 23.0 Å². The highest BCUT2D eigenvalue weighted by Gasteiger charge is 2.15. The number of aromatic nitrogens is 1. The predicted octanol–water partition coefficient (Wildman–Crippen LogP) is 3.06. The molecular formula is C16H10F2N2O2. The lowest BCUT2D eigenvalue weighted by Gasteiger charge is -2.07. The van der Waals surface area contributed by atoms with Crippen LogP contribution in [-0.4, -0.2) is 10.9 Å². The first kappa shape index (κ1) is 13.9. The first-order valence-electron chi connectivity index (χ1n) is 6.43. The Morgan fingerprint density at radius 1 is 1.09 bits per heavy atom. The van der Waals surface area contributed by atoms with Crippen molar-refractivity contribution in [3.8, 4) is 0 Å². The smallest absolute Gasteiger partial charge is 0.261 e. The second-order valence-corrected chi connectivity index (χ2v) is 4.66. The van der Waals surface area contributed by atoms with Crippen molar-refractivity contribution in [2.75, 3.05) is 5.32 Å². The number of benzene rings is 2. The highest BCUT2D eigenvalue weighted by Crippen LogP contribution is 2.16. The van der Waals surface area contributed by atoms with E-state index in [1.54, 1.807) is 24.3 Å². The van der Waals surface area contributed by atoms with Gasteiger partial charge in [-0.3, -0.25) is 9.59 Å². The van der Waals surface area contributed by atoms with E-state index in [-0.39, 0.29) is 11.3 Å². The molecule has 0 fully saturated rings. The van der Waals surface area contributed by atoms with E-state index in [9.17, 15) is 18.4 Å². The highest BCUT2D eigenvalue weighted by molar-refractivity contribution is 6.05. The van der Waals surface area contributed by atoms with Crippen LogP contribution in [0.15, 0.2) is 53.5 Å². The van der Waals surface area contributed by atoms with Gasteiger partial charge in [0.05, 0.1) is 5.69 Å². The number of halogens is 2. The molecule has 3 aromatic rings. The second kappa shape index (κ2) is 5.40. The number of hydrogen-bond donors (Lipinski definition) is 2. The number of rotatable bonds is 2. The van der Waals surface area contributed by atoms with E-state index in [4.69, 9.17) is 0 Å². The molecule has 0 saturated heterocycles. The van der Waals surface area contributed by atoms with Crippen LogP contribution in [0.5, 0.6) is 0 Å². The zero-order valence-corrected chi connectivity index (χ0v) is 11.2. The predicted molar refractivity (Wildman–Crippen MR) is 78.9 cm³/mol. The number of hydrogen-bond acceptors (Lipinski definition) is 2. The minimum atomic E-state index is -0.809. The summed E-state index contributed by atoms with van der Waals surface area (Å²) in [5.74, 6) is -2.28. The molecule has 0 bridgehead atoms. The van der Waals surface area contributed by atoms with Crippen molar-refractivity contribution in [2.24, 2.45) is 0 Å².